The van der Waals surface area contributed by atoms with Crippen LogP contribution >= 0.6 is 0 Å². The number of allylic oxidation sites excluding steroid dienone is 2. The van der Waals surface area contributed by atoms with Gasteiger partial charge in [0.15, 0.2) is 0 Å². The quantitative estimate of drug-likeness (QED) is 0.574. The molecule has 0 aromatic carbocycles. The van der Waals surface area contributed by atoms with Crippen molar-refractivity contribution in [2.45, 2.75) is 40.4 Å². The van der Waals surface area contributed by atoms with Crippen molar-refractivity contribution < 1.29 is 14.6 Å². The molecule has 2 fully saturated rings. The minimum absolute atomic E-state index is 0.141. The number of carbonyl (C=O) groups is 1. The van der Waals surface area contributed by atoms with Crippen molar-refractivity contribution in [2.75, 3.05) is 0 Å². The van der Waals surface area contributed by atoms with E-state index in [2.05, 4.69) is 26.8 Å². The molecular weight excluding hydrogens is 228 g/mol. The van der Waals surface area contributed by atoms with E-state index in [4.69, 9.17) is 4.74 Å². The van der Waals surface area contributed by atoms with Crippen LogP contribution in [0.15, 0.2) is 11.6 Å². The first-order valence-corrected chi connectivity index (χ1v) is 6.94. The van der Waals surface area contributed by atoms with Gasteiger partial charge < -0.3 is 9.84 Å². The summed E-state index contributed by atoms with van der Waals surface area (Å²) in [5, 5.41) is 10.2. The maximum Gasteiger partial charge on any atom is 0.312 e. The number of hydrogen-bond acceptors (Lipinski definition) is 3. The van der Waals surface area contributed by atoms with Gasteiger partial charge in [-0.3, -0.25) is 4.79 Å². The first-order chi connectivity index (χ1) is 8.37. The number of rotatable bonds is 1. The second kappa shape index (κ2) is 3.60. The molecule has 0 aromatic heterocycles. The molecule has 1 heterocycles. The van der Waals surface area contributed by atoms with E-state index in [1.165, 1.54) is 5.57 Å². The lowest BCUT2D eigenvalue weighted by molar-refractivity contribution is -0.166. The number of aliphatic hydroxyl groups excluding tert-OH is 1. The third-order valence-corrected chi connectivity index (χ3v) is 5.68. The van der Waals surface area contributed by atoms with Gasteiger partial charge in [-0.25, -0.2) is 0 Å². The first-order valence-electron chi connectivity index (χ1n) is 6.94. The minimum Gasteiger partial charge on any atom is -0.435 e. The second-order valence-corrected chi connectivity index (χ2v) is 6.82. The third kappa shape index (κ3) is 1.26. The van der Waals surface area contributed by atoms with Crippen molar-refractivity contribution >= 4 is 5.97 Å². The Kier molecular flexibility index (Phi) is 2.44. The third-order valence-electron chi connectivity index (χ3n) is 5.68. The van der Waals surface area contributed by atoms with Gasteiger partial charge in [-0.05, 0) is 37.0 Å². The van der Waals surface area contributed by atoms with Crippen LogP contribution in [0.1, 0.15) is 34.1 Å². The molecule has 100 valence electrons. The molecule has 3 heteroatoms. The highest BCUT2D eigenvalue weighted by atomic mass is 16.6. The molecule has 2 bridgehead atoms. The molecule has 1 aliphatic heterocycles. The first kappa shape index (κ1) is 12.2. The van der Waals surface area contributed by atoms with E-state index < -0.39 is 11.7 Å². The van der Waals surface area contributed by atoms with E-state index in [0.717, 1.165) is 6.42 Å². The topological polar surface area (TPSA) is 46.5 Å². The second-order valence-electron chi connectivity index (χ2n) is 6.82. The Morgan fingerprint density at radius 3 is 2.78 bits per heavy atom. The standard InChI is InChI=1S/C15H22O3/c1-7(2)9-6-10-8(3)5-11(9)15(4)12(10)13(16)18-14(15)17/h5,7,9-12,14,17H,6H2,1-4H3. The number of fused-ring (bicyclic) bond motifs is 1. The van der Waals surface area contributed by atoms with E-state index in [9.17, 15) is 9.90 Å². The summed E-state index contributed by atoms with van der Waals surface area (Å²) in [5.74, 6) is 1.30. The van der Waals surface area contributed by atoms with Gasteiger partial charge in [-0.15, -0.1) is 0 Å². The molecule has 3 nitrogen and oxygen atoms in total. The zero-order chi connectivity index (χ0) is 13.2. The Bertz CT molecular complexity index is 425. The maximum atomic E-state index is 12.0. The van der Waals surface area contributed by atoms with Crippen molar-refractivity contribution in [3.63, 3.8) is 0 Å². The van der Waals surface area contributed by atoms with Crippen LogP contribution in [-0.2, 0) is 9.53 Å². The van der Waals surface area contributed by atoms with Gasteiger partial charge in [0.05, 0.1) is 11.3 Å². The Labute approximate surface area is 108 Å². The normalized spacial score (nSPS) is 50.2. The highest BCUT2D eigenvalue weighted by Gasteiger charge is 2.66. The van der Waals surface area contributed by atoms with E-state index >= 15 is 0 Å². The smallest absolute Gasteiger partial charge is 0.312 e. The van der Waals surface area contributed by atoms with E-state index in [1.54, 1.807) is 0 Å². The lowest BCUT2D eigenvalue weighted by Crippen LogP contribution is -2.54. The summed E-state index contributed by atoms with van der Waals surface area (Å²) in [6.07, 6.45) is 2.42. The van der Waals surface area contributed by atoms with Crippen LogP contribution < -0.4 is 0 Å². The van der Waals surface area contributed by atoms with Crippen LogP contribution in [0.25, 0.3) is 0 Å². The monoisotopic (exact) mass is 250 g/mol. The summed E-state index contributed by atoms with van der Waals surface area (Å²) in [6, 6.07) is 0. The number of carbonyl (C=O) groups excluding carboxylic acids is 1. The molecular formula is C15H22O3. The molecule has 3 aliphatic carbocycles. The average molecular weight is 250 g/mol. The minimum atomic E-state index is -0.937. The fourth-order valence-electron chi connectivity index (χ4n) is 4.57. The summed E-state index contributed by atoms with van der Waals surface area (Å²) >= 11 is 0. The molecule has 0 radical (unpaired) electrons. The van der Waals surface area contributed by atoms with E-state index in [0.29, 0.717) is 11.8 Å². The average Bonchev–Trinajstić information content (AvgIpc) is 2.52. The number of ether oxygens (including phenoxy) is 1. The Hall–Kier alpha value is -0.830. The van der Waals surface area contributed by atoms with E-state index in [-0.39, 0.29) is 23.7 Å². The molecule has 1 N–H and O–H groups in total. The maximum absolute atomic E-state index is 12.0. The van der Waals surface area contributed by atoms with Crippen LogP contribution in [0.4, 0.5) is 0 Å². The van der Waals surface area contributed by atoms with Crippen LogP contribution in [0.5, 0.6) is 0 Å². The molecule has 6 atom stereocenters. The zero-order valence-electron chi connectivity index (χ0n) is 11.5. The van der Waals surface area contributed by atoms with Gasteiger partial charge in [0.2, 0.25) is 6.29 Å². The number of esters is 1. The van der Waals surface area contributed by atoms with Crippen LogP contribution in [0.2, 0.25) is 0 Å². The highest BCUT2D eigenvalue weighted by molar-refractivity contribution is 5.78. The SMILES string of the molecule is CC1=CC2C(C(C)C)CC1C1C(=O)OC(O)C21C. The van der Waals surface area contributed by atoms with Crippen LogP contribution in [0, 0.1) is 35.0 Å². The molecule has 4 rings (SSSR count). The summed E-state index contributed by atoms with van der Waals surface area (Å²) < 4.78 is 5.15. The molecule has 4 aliphatic rings. The predicted octanol–water partition coefficient (Wildman–Crippen LogP) is 2.35. The summed E-state index contributed by atoms with van der Waals surface area (Å²) in [4.78, 5) is 12.0. The molecule has 6 unspecified atom stereocenters. The van der Waals surface area contributed by atoms with Crippen molar-refractivity contribution in [1.29, 1.82) is 0 Å². The van der Waals surface area contributed by atoms with Gasteiger partial charge in [0.25, 0.3) is 0 Å². The Morgan fingerprint density at radius 2 is 2.17 bits per heavy atom. The van der Waals surface area contributed by atoms with Gasteiger partial charge in [-0.1, -0.05) is 32.4 Å². The molecule has 0 amide bonds. The highest BCUT2D eigenvalue weighted by Crippen LogP contribution is 2.63. The number of hydrogen-bond donors (Lipinski definition) is 1. The molecule has 1 saturated heterocycles. The van der Waals surface area contributed by atoms with Crippen LogP contribution in [0.3, 0.4) is 0 Å². The van der Waals surface area contributed by atoms with Gasteiger partial charge in [0, 0.05) is 0 Å². The summed E-state index contributed by atoms with van der Waals surface area (Å²) in [7, 11) is 0. The summed E-state index contributed by atoms with van der Waals surface area (Å²) in [5.41, 5.74) is 0.888. The van der Waals surface area contributed by atoms with E-state index in [1.807, 2.05) is 6.92 Å². The molecule has 1 saturated carbocycles. The molecule has 0 aromatic rings. The molecule has 18 heavy (non-hydrogen) atoms. The summed E-state index contributed by atoms with van der Waals surface area (Å²) in [6.45, 7) is 8.61. The number of cyclic esters (lactones) is 1. The largest absolute Gasteiger partial charge is 0.435 e. The Morgan fingerprint density at radius 1 is 1.50 bits per heavy atom. The fraction of sp³-hybridized carbons (Fsp3) is 0.800. The van der Waals surface area contributed by atoms with Crippen molar-refractivity contribution in [2.24, 2.45) is 35.0 Å². The van der Waals surface area contributed by atoms with Gasteiger partial charge >= 0.3 is 5.97 Å². The predicted molar refractivity (Wildman–Crippen MR) is 67.4 cm³/mol. The lowest BCUT2D eigenvalue weighted by Gasteiger charge is -2.54. The van der Waals surface area contributed by atoms with Crippen molar-refractivity contribution in [3.05, 3.63) is 11.6 Å². The number of aliphatic hydroxyl groups is 1. The lowest BCUT2D eigenvalue weighted by atomic mass is 9.48. The van der Waals surface area contributed by atoms with Gasteiger partial charge in [-0.2, -0.15) is 0 Å². The Balaban J connectivity index is 2.10. The van der Waals surface area contributed by atoms with Crippen LogP contribution in [-0.4, -0.2) is 17.4 Å². The van der Waals surface area contributed by atoms with Gasteiger partial charge in [0.1, 0.15) is 0 Å². The fourth-order valence-corrected chi connectivity index (χ4v) is 4.57. The molecule has 0 spiro atoms. The zero-order valence-corrected chi connectivity index (χ0v) is 11.5. The van der Waals surface area contributed by atoms with Crippen molar-refractivity contribution in [1.82, 2.24) is 0 Å². The van der Waals surface area contributed by atoms with Crippen molar-refractivity contribution in [3.8, 4) is 0 Å².